The fourth-order valence-electron chi connectivity index (χ4n) is 7.47. The summed E-state index contributed by atoms with van der Waals surface area (Å²) in [6, 6.07) is 8.00. The van der Waals surface area contributed by atoms with E-state index in [4.69, 9.17) is 9.47 Å². The van der Waals surface area contributed by atoms with Gasteiger partial charge in [0.05, 0.1) is 30.8 Å². The molecule has 230 valence electrons. The second-order valence-corrected chi connectivity index (χ2v) is 12.4. The molecule has 8 heteroatoms. The maximum absolute atomic E-state index is 14.6. The smallest absolute Gasteiger partial charge is 0.312 e. The van der Waals surface area contributed by atoms with Gasteiger partial charge in [-0.05, 0) is 56.9 Å². The summed E-state index contributed by atoms with van der Waals surface area (Å²) in [5.74, 6) is -2.78. The molecule has 0 aliphatic carbocycles. The highest BCUT2D eigenvalue weighted by molar-refractivity contribution is 5.98. The summed E-state index contributed by atoms with van der Waals surface area (Å²) in [6.45, 7) is 14.4. The molecule has 8 nitrogen and oxygen atoms in total. The minimum Gasteiger partial charge on any atom is -0.465 e. The molecule has 3 heterocycles. The number of amides is 2. The topological polar surface area (TPSA) is 96.4 Å². The van der Waals surface area contributed by atoms with Crippen LogP contribution in [0.4, 0.5) is 0 Å². The third-order valence-electron chi connectivity index (χ3n) is 9.65. The summed E-state index contributed by atoms with van der Waals surface area (Å²) in [4.78, 5) is 46.2. The van der Waals surface area contributed by atoms with E-state index in [1.54, 1.807) is 15.9 Å². The lowest BCUT2D eigenvalue weighted by atomic mass is 9.62. The number of allylic oxidation sites excluding steroid dienone is 1. The first-order chi connectivity index (χ1) is 20.2. The molecular weight excluding hydrogens is 532 g/mol. The van der Waals surface area contributed by atoms with Crippen LogP contribution in [0.3, 0.4) is 0 Å². The normalized spacial score (nSPS) is 30.2. The Hall–Kier alpha value is -2.97. The maximum atomic E-state index is 14.6. The molecule has 0 saturated carbocycles. The number of aliphatic hydroxyl groups is 1. The second-order valence-electron chi connectivity index (χ2n) is 12.4. The molecule has 42 heavy (non-hydrogen) atoms. The van der Waals surface area contributed by atoms with Crippen molar-refractivity contribution >= 4 is 17.8 Å². The number of fused-ring (bicyclic) bond motifs is 1. The van der Waals surface area contributed by atoms with Crippen LogP contribution in [-0.4, -0.2) is 82.3 Å². The molecule has 0 aromatic heterocycles. The number of likely N-dealkylation sites (tertiary alicyclic amines) is 1. The van der Waals surface area contributed by atoms with E-state index in [-0.39, 0.29) is 30.9 Å². The van der Waals surface area contributed by atoms with Gasteiger partial charge >= 0.3 is 5.97 Å². The van der Waals surface area contributed by atoms with E-state index in [0.29, 0.717) is 32.4 Å². The molecule has 0 radical (unpaired) electrons. The molecular formula is C34H48N2O6. The molecule has 1 N–H and O–H groups in total. The number of hydrogen-bond donors (Lipinski definition) is 1. The first-order valence-corrected chi connectivity index (χ1v) is 15.5. The van der Waals surface area contributed by atoms with Gasteiger partial charge in [0, 0.05) is 13.1 Å². The van der Waals surface area contributed by atoms with E-state index in [2.05, 4.69) is 20.1 Å². The summed E-state index contributed by atoms with van der Waals surface area (Å²) in [5.41, 5.74) is -1.19. The van der Waals surface area contributed by atoms with Crippen LogP contribution in [0.1, 0.15) is 64.9 Å². The lowest BCUT2D eigenvalue weighted by molar-refractivity contribution is -0.163. The molecule has 1 spiro atoms. The number of nitrogens with zero attached hydrogens (tertiary/aromatic N) is 2. The molecule has 1 aromatic rings. The third kappa shape index (κ3) is 5.68. The Bertz CT molecular complexity index is 1140. The molecule has 7 atom stereocenters. The minimum absolute atomic E-state index is 0.0830. The van der Waals surface area contributed by atoms with Gasteiger partial charge in [-0.15, -0.1) is 13.2 Å². The monoisotopic (exact) mass is 580 g/mol. The highest BCUT2D eigenvalue weighted by Gasteiger charge is 2.80. The van der Waals surface area contributed by atoms with Crippen LogP contribution >= 0.6 is 0 Å². The van der Waals surface area contributed by atoms with Gasteiger partial charge in [-0.25, -0.2) is 0 Å². The van der Waals surface area contributed by atoms with E-state index < -0.39 is 41.1 Å². The van der Waals surface area contributed by atoms with Crippen molar-refractivity contribution in [3.63, 3.8) is 0 Å². The van der Waals surface area contributed by atoms with E-state index in [0.717, 1.165) is 31.2 Å². The Morgan fingerprint density at radius 1 is 1.21 bits per heavy atom. The highest BCUT2D eigenvalue weighted by Crippen LogP contribution is 2.65. The second kappa shape index (κ2) is 13.6. The Morgan fingerprint density at radius 2 is 1.95 bits per heavy atom. The Labute approximate surface area is 250 Å². The average Bonchev–Trinajstić information content (AvgIpc) is 3.50. The number of hydrogen-bond acceptors (Lipinski definition) is 6. The van der Waals surface area contributed by atoms with Crippen molar-refractivity contribution in [1.82, 2.24) is 9.80 Å². The van der Waals surface area contributed by atoms with Crippen molar-refractivity contribution in [3.8, 4) is 0 Å². The van der Waals surface area contributed by atoms with Crippen LogP contribution < -0.4 is 0 Å². The summed E-state index contributed by atoms with van der Waals surface area (Å²) < 4.78 is 12.6. The van der Waals surface area contributed by atoms with Gasteiger partial charge in [0.15, 0.2) is 0 Å². The zero-order valence-electron chi connectivity index (χ0n) is 25.5. The highest BCUT2D eigenvalue weighted by atomic mass is 16.6. The fraction of sp³-hybridized carbons (Fsp3) is 0.618. The van der Waals surface area contributed by atoms with Gasteiger partial charge in [-0.2, -0.15) is 0 Å². The van der Waals surface area contributed by atoms with E-state index >= 15 is 0 Å². The molecule has 3 aliphatic heterocycles. The predicted molar refractivity (Wildman–Crippen MR) is 161 cm³/mol. The molecule has 4 rings (SSSR count). The Morgan fingerprint density at radius 3 is 2.60 bits per heavy atom. The first kappa shape index (κ1) is 32.0. The predicted octanol–water partition coefficient (Wildman–Crippen LogP) is 4.31. The number of rotatable bonds is 16. The molecule has 3 unspecified atom stereocenters. The van der Waals surface area contributed by atoms with Gasteiger partial charge in [0.25, 0.3) is 0 Å². The summed E-state index contributed by atoms with van der Waals surface area (Å²) in [5, 5.41) is 10.7. The van der Waals surface area contributed by atoms with Crippen molar-refractivity contribution < 1.29 is 29.0 Å². The van der Waals surface area contributed by atoms with E-state index in [9.17, 15) is 19.5 Å². The Balaban J connectivity index is 1.75. The van der Waals surface area contributed by atoms with Gasteiger partial charge in [-0.3, -0.25) is 14.4 Å². The van der Waals surface area contributed by atoms with Crippen LogP contribution in [0.2, 0.25) is 0 Å². The van der Waals surface area contributed by atoms with E-state index in [1.807, 2.05) is 50.3 Å². The lowest BCUT2D eigenvalue weighted by Gasteiger charge is -2.39. The lowest BCUT2D eigenvalue weighted by Crippen LogP contribution is -2.59. The van der Waals surface area contributed by atoms with Gasteiger partial charge < -0.3 is 24.4 Å². The molecule has 2 amide bonds. The number of unbranched alkanes of at least 4 members (excludes halogenated alkanes) is 3. The number of benzene rings is 1. The fourth-order valence-corrected chi connectivity index (χ4v) is 7.47. The standard InChI is InChI=1S/C34H48N2O6/c1-6-9-11-15-20-41-32(40)28-27-30(38)36(26(23-37)21-25-16-13-12-14-17-25)29(31(39)35(18-8-3)19-10-7-2)34(27)22-24(4)33(28,5)42-34/h6,8,12-14,16-17,24,26-29,37H,1,3,7,9-11,15,18-23H2,2,4-5H3/t24?,26-,27+,28+,29?,33-,34?/m1/s1. The quantitative estimate of drug-likeness (QED) is 0.178. The van der Waals surface area contributed by atoms with Crippen LogP contribution in [0.15, 0.2) is 55.6 Å². The van der Waals surface area contributed by atoms with Gasteiger partial charge in [-0.1, -0.05) is 62.8 Å². The zero-order valence-corrected chi connectivity index (χ0v) is 25.5. The number of aliphatic hydroxyl groups excluding tert-OH is 1. The first-order valence-electron chi connectivity index (χ1n) is 15.5. The van der Waals surface area contributed by atoms with Crippen molar-refractivity contribution in [1.29, 1.82) is 0 Å². The number of ether oxygens (including phenoxy) is 2. The average molecular weight is 581 g/mol. The minimum atomic E-state index is -1.19. The maximum Gasteiger partial charge on any atom is 0.312 e. The number of carbonyl (C=O) groups excluding carboxylic acids is 3. The van der Waals surface area contributed by atoms with E-state index in [1.165, 1.54) is 0 Å². The van der Waals surface area contributed by atoms with Crippen LogP contribution in [0.5, 0.6) is 0 Å². The summed E-state index contributed by atoms with van der Waals surface area (Å²) in [7, 11) is 0. The van der Waals surface area contributed by atoms with Crippen molar-refractivity contribution in [2.24, 2.45) is 17.8 Å². The summed E-state index contributed by atoms with van der Waals surface area (Å²) in [6.07, 6.45) is 8.48. The SMILES string of the molecule is C=CCCCCOC(=O)[C@@H]1[C@H]2C(=O)N([C@@H](CO)Cc3ccccc3)C(C(=O)N(CC=C)CCCC)C23CC(C)[C@@]1(C)O3. The van der Waals surface area contributed by atoms with Crippen LogP contribution in [0, 0.1) is 17.8 Å². The molecule has 3 aliphatic rings. The van der Waals surface area contributed by atoms with Gasteiger partial charge in [0.1, 0.15) is 17.6 Å². The Kier molecular flexibility index (Phi) is 10.3. The molecule has 2 bridgehead atoms. The molecule has 3 fully saturated rings. The number of esters is 1. The van der Waals surface area contributed by atoms with Crippen molar-refractivity contribution in [2.45, 2.75) is 89.0 Å². The van der Waals surface area contributed by atoms with Crippen LogP contribution in [-0.2, 0) is 30.3 Å². The zero-order chi connectivity index (χ0) is 30.5. The van der Waals surface area contributed by atoms with Crippen LogP contribution in [0.25, 0.3) is 0 Å². The number of carbonyl (C=O) groups is 3. The van der Waals surface area contributed by atoms with Crippen molar-refractivity contribution in [3.05, 3.63) is 61.2 Å². The largest absolute Gasteiger partial charge is 0.465 e. The third-order valence-corrected chi connectivity index (χ3v) is 9.65. The van der Waals surface area contributed by atoms with Crippen molar-refractivity contribution in [2.75, 3.05) is 26.3 Å². The van der Waals surface area contributed by atoms with Gasteiger partial charge in [0.2, 0.25) is 11.8 Å². The molecule has 1 aromatic carbocycles. The molecule has 3 saturated heterocycles. The summed E-state index contributed by atoms with van der Waals surface area (Å²) >= 11 is 0.